The zero-order chi connectivity index (χ0) is 22.9. The number of hydrogen-bond donors (Lipinski definition) is 2. The molecule has 4 aromatic rings. The first-order valence-corrected chi connectivity index (χ1v) is 10.7. The van der Waals surface area contributed by atoms with Crippen LogP contribution in [0.3, 0.4) is 0 Å². The minimum Gasteiger partial charge on any atom is -0.445 e. The summed E-state index contributed by atoms with van der Waals surface area (Å²) >= 11 is 0. The third kappa shape index (κ3) is 6.48. The maximum absolute atomic E-state index is 8.58. The van der Waals surface area contributed by atoms with Gasteiger partial charge in [0.05, 0.1) is 0 Å². The number of benzene rings is 4. The molecule has 0 unspecified atom stereocenters. The summed E-state index contributed by atoms with van der Waals surface area (Å²) in [5.41, 5.74) is 3.45. The second-order valence-corrected chi connectivity index (χ2v) is 7.42. The standard InChI is InChI=1S/C18H15B3O3.C6H7BO2/c1-4-10-16(11-5-1)19-22-20(17-12-6-2-7-13-17)24-21(23-19)18-14-8-3-9-15-18;8-7(9)6-4-2-1-3-5-6/h1-15H;1-5,8-9H. The van der Waals surface area contributed by atoms with Gasteiger partial charge in [0.25, 0.3) is 0 Å². The molecule has 4 aromatic carbocycles. The van der Waals surface area contributed by atoms with Crippen LogP contribution in [0, 0.1) is 0 Å². The maximum atomic E-state index is 8.58. The minimum absolute atomic E-state index is 0.477. The van der Waals surface area contributed by atoms with Crippen molar-refractivity contribution in [1.82, 2.24) is 0 Å². The zero-order valence-electron chi connectivity index (χ0n) is 18.0. The average molecular weight is 434 g/mol. The highest BCUT2D eigenvalue weighted by atomic mass is 16.7. The molecule has 5 rings (SSSR count). The molecule has 0 saturated carbocycles. The van der Waals surface area contributed by atoms with E-state index < -0.39 is 28.5 Å². The Balaban J connectivity index is 0.000000243. The smallest absolute Gasteiger partial charge is 0.445 e. The van der Waals surface area contributed by atoms with Crippen LogP contribution in [0.15, 0.2) is 121 Å². The van der Waals surface area contributed by atoms with E-state index in [1.54, 1.807) is 24.3 Å². The van der Waals surface area contributed by atoms with E-state index >= 15 is 0 Å². The first-order chi connectivity index (χ1) is 16.2. The summed E-state index contributed by atoms with van der Waals surface area (Å²) in [5, 5.41) is 17.2. The van der Waals surface area contributed by atoms with Gasteiger partial charge in [-0.05, 0) is 21.9 Å². The van der Waals surface area contributed by atoms with E-state index in [2.05, 4.69) is 0 Å². The third-order valence-electron chi connectivity index (χ3n) is 5.05. The van der Waals surface area contributed by atoms with Gasteiger partial charge in [0.15, 0.2) is 0 Å². The Morgan fingerprint density at radius 1 is 0.424 bits per heavy atom. The average Bonchev–Trinajstić information content (AvgIpc) is 2.91. The van der Waals surface area contributed by atoms with Gasteiger partial charge in [0.2, 0.25) is 0 Å². The van der Waals surface area contributed by atoms with Crippen LogP contribution in [0.4, 0.5) is 0 Å². The van der Waals surface area contributed by atoms with Crippen molar-refractivity contribution < 1.29 is 23.8 Å². The van der Waals surface area contributed by atoms with Crippen LogP contribution < -0.4 is 21.9 Å². The molecule has 2 N–H and O–H groups in total. The molecule has 1 fully saturated rings. The van der Waals surface area contributed by atoms with E-state index in [9.17, 15) is 0 Å². The summed E-state index contributed by atoms with van der Waals surface area (Å²) in [6.45, 7) is 0. The first kappa shape index (κ1) is 23.1. The normalized spacial score (nSPS) is 13.2. The van der Waals surface area contributed by atoms with Gasteiger partial charge in [-0.25, -0.2) is 0 Å². The highest BCUT2D eigenvalue weighted by Crippen LogP contribution is 2.10. The lowest BCUT2D eigenvalue weighted by Crippen LogP contribution is -2.61. The Hall–Kier alpha value is -3.06. The van der Waals surface area contributed by atoms with E-state index in [1.807, 2.05) is 97.1 Å². The minimum atomic E-state index is -1.34. The zero-order valence-corrected chi connectivity index (χ0v) is 18.0. The van der Waals surface area contributed by atoms with Crippen LogP contribution in [-0.4, -0.2) is 38.5 Å². The summed E-state index contributed by atoms with van der Waals surface area (Å²) < 4.78 is 18.2. The van der Waals surface area contributed by atoms with Crippen LogP contribution in [-0.2, 0) is 13.7 Å². The van der Waals surface area contributed by atoms with E-state index in [0.29, 0.717) is 5.46 Å². The largest absolute Gasteiger partial charge is 0.488 e. The molecule has 1 aliphatic rings. The predicted octanol–water partition coefficient (Wildman–Crippen LogP) is 0.602. The van der Waals surface area contributed by atoms with Crippen molar-refractivity contribution in [2.24, 2.45) is 0 Å². The molecule has 0 radical (unpaired) electrons. The number of rotatable bonds is 4. The van der Waals surface area contributed by atoms with Gasteiger partial charge in [-0.1, -0.05) is 121 Å². The lowest BCUT2D eigenvalue weighted by Gasteiger charge is -2.31. The molecule has 0 aliphatic carbocycles. The van der Waals surface area contributed by atoms with E-state index in [0.717, 1.165) is 16.4 Å². The van der Waals surface area contributed by atoms with Crippen molar-refractivity contribution >= 4 is 50.3 Å². The van der Waals surface area contributed by atoms with Gasteiger partial charge in [-0.3, -0.25) is 0 Å². The molecule has 33 heavy (non-hydrogen) atoms. The van der Waals surface area contributed by atoms with E-state index in [-0.39, 0.29) is 0 Å². The molecule has 0 aromatic heterocycles. The molecule has 9 heteroatoms. The highest BCUT2D eigenvalue weighted by Gasteiger charge is 2.43. The Morgan fingerprint density at radius 3 is 0.939 bits per heavy atom. The van der Waals surface area contributed by atoms with Crippen LogP contribution in [0.25, 0.3) is 0 Å². The van der Waals surface area contributed by atoms with Crippen molar-refractivity contribution in [2.75, 3.05) is 0 Å². The predicted molar refractivity (Wildman–Crippen MR) is 135 cm³/mol. The van der Waals surface area contributed by atoms with E-state index in [4.69, 9.17) is 23.8 Å². The molecule has 5 nitrogen and oxygen atoms in total. The second kappa shape index (κ2) is 11.7. The molecular weight excluding hydrogens is 412 g/mol. The van der Waals surface area contributed by atoms with Gasteiger partial charge in [-0.2, -0.15) is 0 Å². The van der Waals surface area contributed by atoms with Crippen LogP contribution in [0.5, 0.6) is 0 Å². The summed E-state index contributed by atoms with van der Waals surface area (Å²) in [6, 6.07) is 38.5. The molecule has 0 amide bonds. The molecule has 1 aliphatic heterocycles. The summed E-state index contributed by atoms with van der Waals surface area (Å²) in [6.07, 6.45) is 0. The fraction of sp³-hybridized carbons (Fsp3) is 0. The fourth-order valence-corrected chi connectivity index (χ4v) is 3.36. The maximum Gasteiger partial charge on any atom is 0.488 e. The van der Waals surface area contributed by atoms with Crippen molar-refractivity contribution in [3.05, 3.63) is 121 Å². The molecule has 1 heterocycles. The van der Waals surface area contributed by atoms with E-state index in [1.165, 1.54) is 0 Å². The first-order valence-electron chi connectivity index (χ1n) is 10.7. The molecule has 160 valence electrons. The van der Waals surface area contributed by atoms with Crippen LogP contribution in [0.1, 0.15) is 0 Å². The SMILES string of the molecule is OB(O)c1ccccc1.c1ccc(B2OB(c3ccccc3)OB(c3ccccc3)O2)cc1. The fourth-order valence-electron chi connectivity index (χ4n) is 3.36. The lowest BCUT2D eigenvalue weighted by molar-refractivity contribution is 0.308. The van der Waals surface area contributed by atoms with Gasteiger partial charge < -0.3 is 23.8 Å². The Labute approximate surface area is 195 Å². The van der Waals surface area contributed by atoms with Crippen molar-refractivity contribution in [2.45, 2.75) is 0 Å². The van der Waals surface area contributed by atoms with Gasteiger partial charge in [-0.15, -0.1) is 0 Å². The molecule has 0 bridgehead atoms. The molecule has 0 spiro atoms. The second-order valence-electron chi connectivity index (χ2n) is 7.42. The topological polar surface area (TPSA) is 68.2 Å². The Kier molecular flexibility index (Phi) is 8.19. The quantitative estimate of drug-likeness (QED) is 0.462. The number of hydrogen-bond acceptors (Lipinski definition) is 5. The van der Waals surface area contributed by atoms with Gasteiger partial charge in [0.1, 0.15) is 0 Å². The summed E-state index contributed by atoms with van der Waals surface area (Å²) in [5.74, 6) is 0. The Bertz CT molecular complexity index is 975. The third-order valence-corrected chi connectivity index (χ3v) is 5.05. The van der Waals surface area contributed by atoms with Crippen LogP contribution in [0.2, 0.25) is 0 Å². The summed E-state index contributed by atoms with van der Waals surface area (Å²) in [7, 11) is -2.77. The molecule has 0 atom stereocenters. The lowest BCUT2D eigenvalue weighted by atomic mass is 9.61. The summed E-state index contributed by atoms with van der Waals surface area (Å²) in [4.78, 5) is 0. The molecule has 1 saturated heterocycles. The molecular formula is C24H22B4O5. The van der Waals surface area contributed by atoms with Gasteiger partial charge in [0, 0.05) is 0 Å². The highest BCUT2D eigenvalue weighted by molar-refractivity contribution is 6.87. The van der Waals surface area contributed by atoms with Crippen molar-refractivity contribution in [3.8, 4) is 0 Å². The van der Waals surface area contributed by atoms with Crippen molar-refractivity contribution in [3.63, 3.8) is 0 Å². The van der Waals surface area contributed by atoms with Crippen molar-refractivity contribution in [1.29, 1.82) is 0 Å². The monoisotopic (exact) mass is 434 g/mol. The Morgan fingerprint density at radius 2 is 0.697 bits per heavy atom. The van der Waals surface area contributed by atoms with Crippen LogP contribution >= 0.6 is 0 Å². The van der Waals surface area contributed by atoms with Gasteiger partial charge >= 0.3 is 28.5 Å².